The molecule has 2 rings (SSSR count). The molecule has 2 heterocycles. The van der Waals surface area contributed by atoms with E-state index in [1.165, 1.54) is 11.3 Å². The third kappa shape index (κ3) is 1.67. The Bertz CT molecular complexity index is 405. The van der Waals surface area contributed by atoms with Crippen LogP contribution in [0, 0.1) is 6.92 Å². The first-order valence-electron chi connectivity index (χ1n) is 3.90. The molecule has 0 aromatic carbocycles. The van der Waals surface area contributed by atoms with Gasteiger partial charge in [0.15, 0.2) is 5.13 Å². The fraction of sp³-hybridized carbons (Fsp3) is 0.111. The summed E-state index contributed by atoms with van der Waals surface area (Å²) < 4.78 is 0. The first-order chi connectivity index (χ1) is 6.25. The van der Waals surface area contributed by atoms with Crippen molar-refractivity contribution in [2.45, 2.75) is 6.92 Å². The lowest BCUT2D eigenvalue weighted by Gasteiger charge is -1.95. The van der Waals surface area contributed by atoms with E-state index in [9.17, 15) is 0 Å². The monoisotopic (exact) mass is 191 g/mol. The van der Waals surface area contributed by atoms with Crippen LogP contribution in [-0.2, 0) is 0 Å². The number of aromatic nitrogens is 2. The Morgan fingerprint density at radius 2 is 2.15 bits per heavy atom. The normalized spacial score (nSPS) is 10.2. The van der Waals surface area contributed by atoms with Gasteiger partial charge in [0, 0.05) is 11.6 Å². The van der Waals surface area contributed by atoms with Crippen LogP contribution in [0.1, 0.15) is 5.56 Å². The standard InChI is InChI=1S/C9H9N3S/c1-6-2-3-7(11-4-6)8-5-13-9(10)12-8/h2-5H,1H3,(H2,10,12). The van der Waals surface area contributed by atoms with E-state index >= 15 is 0 Å². The molecule has 2 aromatic rings. The lowest BCUT2D eigenvalue weighted by atomic mass is 10.2. The quantitative estimate of drug-likeness (QED) is 0.751. The maximum Gasteiger partial charge on any atom is 0.180 e. The smallest absolute Gasteiger partial charge is 0.180 e. The number of aryl methyl sites for hydroxylation is 1. The van der Waals surface area contributed by atoms with E-state index in [1.807, 2.05) is 30.6 Å². The zero-order valence-electron chi connectivity index (χ0n) is 7.19. The molecule has 0 spiro atoms. The van der Waals surface area contributed by atoms with Gasteiger partial charge in [-0.1, -0.05) is 6.07 Å². The van der Waals surface area contributed by atoms with Crippen molar-refractivity contribution in [2.24, 2.45) is 0 Å². The van der Waals surface area contributed by atoms with E-state index < -0.39 is 0 Å². The second-order valence-electron chi connectivity index (χ2n) is 2.79. The minimum atomic E-state index is 0.581. The Labute approximate surface area is 80.3 Å². The van der Waals surface area contributed by atoms with Gasteiger partial charge in [0.1, 0.15) is 5.69 Å². The third-order valence-corrected chi connectivity index (χ3v) is 2.37. The first-order valence-corrected chi connectivity index (χ1v) is 4.78. The Balaban J connectivity index is 2.41. The van der Waals surface area contributed by atoms with E-state index in [4.69, 9.17) is 5.73 Å². The van der Waals surface area contributed by atoms with Gasteiger partial charge in [0.25, 0.3) is 0 Å². The predicted molar refractivity (Wildman–Crippen MR) is 54.5 cm³/mol. The lowest BCUT2D eigenvalue weighted by molar-refractivity contribution is 1.24. The van der Waals surface area contributed by atoms with Crippen molar-refractivity contribution < 1.29 is 0 Å². The van der Waals surface area contributed by atoms with Gasteiger partial charge in [-0.3, -0.25) is 4.98 Å². The molecule has 4 heteroatoms. The second-order valence-corrected chi connectivity index (χ2v) is 3.68. The molecule has 66 valence electrons. The molecule has 0 aliphatic rings. The van der Waals surface area contributed by atoms with Gasteiger partial charge < -0.3 is 5.73 Å². The summed E-state index contributed by atoms with van der Waals surface area (Å²) in [7, 11) is 0. The molecule has 0 saturated heterocycles. The summed E-state index contributed by atoms with van der Waals surface area (Å²) in [5, 5.41) is 2.49. The third-order valence-electron chi connectivity index (χ3n) is 1.70. The van der Waals surface area contributed by atoms with Crippen LogP contribution in [0.15, 0.2) is 23.7 Å². The number of nitrogens with zero attached hydrogens (tertiary/aromatic N) is 2. The summed E-state index contributed by atoms with van der Waals surface area (Å²) in [6, 6.07) is 3.96. The Hall–Kier alpha value is -1.42. The van der Waals surface area contributed by atoms with Crippen LogP contribution in [0.4, 0.5) is 5.13 Å². The summed E-state index contributed by atoms with van der Waals surface area (Å²) >= 11 is 1.43. The zero-order chi connectivity index (χ0) is 9.26. The SMILES string of the molecule is Cc1ccc(-c2csc(N)n2)nc1. The zero-order valence-corrected chi connectivity index (χ0v) is 8.01. The molecule has 0 radical (unpaired) electrons. The summed E-state index contributed by atoms with van der Waals surface area (Å²) in [5.74, 6) is 0. The van der Waals surface area contributed by atoms with E-state index in [2.05, 4.69) is 9.97 Å². The highest BCUT2D eigenvalue weighted by atomic mass is 32.1. The molecule has 2 N–H and O–H groups in total. The van der Waals surface area contributed by atoms with Gasteiger partial charge in [-0.2, -0.15) is 0 Å². The van der Waals surface area contributed by atoms with E-state index in [-0.39, 0.29) is 0 Å². The van der Waals surface area contributed by atoms with E-state index in [1.54, 1.807) is 0 Å². The summed E-state index contributed by atoms with van der Waals surface area (Å²) in [4.78, 5) is 8.39. The molecule has 2 aromatic heterocycles. The van der Waals surface area contributed by atoms with Crippen LogP contribution in [-0.4, -0.2) is 9.97 Å². The van der Waals surface area contributed by atoms with Crippen molar-refractivity contribution in [1.29, 1.82) is 0 Å². The largest absolute Gasteiger partial charge is 0.375 e. The van der Waals surface area contributed by atoms with E-state index in [0.717, 1.165) is 17.0 Å². The maximum absolute atomic E-state index is 5.53. The average molecular weight is 191 g/mol. The van der Waals surface area contributed by atoms with Crippen molar-refractivity contribution in [3.05, 3.63) is 29.3 Å². The first kappa shape index (κ1) is 8.19. The second kappa shape index (κ2) is 3.14. The topological polar surface area (TPSA) is 51.8 Å². The van der Waals surface area contributed by atoms with Crippen LogP contribution in [0.25, 0.3) is 11.4 Å². The van der Waals surface area contributed by atoms with Gasteiger partial charge in [-0.15, -0.1) is 11.3 Å². The van der Waals surface area contributed by atoms with Crippen LogP contribution in [0.3, 0.4) is 0 Å². The molecule has 0 bridgehead atoms. The highest BCUT2D eigenvalue weighted by molar-refractivity contribution is 7.13. The molecule has 3 nitrogen and oxygen atoms in total. The average Bonchev–Trinajstić information content (AvgIpc) is 2.53. The number of thiazole rings is 1. The van der Waals surface area contributed by atoms with Crippen molar-refractivity contribution in [1.82, 2.24) is 9.97 Å². The van der Waals surface area contributed by atoms with Crippen molar-refractivity contribution in [3.8, 4) is 11.4 Å². The van der Waals surface area contributed by atoms with Crippen molar-refractivity contribution in [3.63, 3.8) is 0 Å². The molecule has 0 amide bonds. The van der Waals surface area contributed by atoms with Crippen LogP contribution in [0.5, 0.6) is 0 Å². The number of nitrogens with two attached hydrogens (primary N) is 1. The number of anilines is 1. The molecule has 0 aliphatic heterocycles. The van der Waals surface area contributed by atoms with Crippen LogP contribution < -0.4 is 5.73 Å². The molecular formula is C9H9N3S. The van der Waals surface area contributed by atoms with Crippen LogP contribution >= 0.6 is 11.3 Å². The van der Waals surface area contributed by atoms with Crippen LogP contribution in [0.2, 0.25) is 0 Å². The summed E-state index contributed by atoms with van der Waals surface area (Å²) in [6.07, 6.45) is 1.82. The predicted octanol–water partition coefficient (Wildman–Crippen LogP) is 2.10. The summed E-state index contributed by atoms with van der Waals surface area (Å²) in [5.41, 5.74) is 8.39. The maximum atomic E-state index is 5.53. The molecule has 13 heavy (non-hydrogen) atoms. The highest BCUT2D eigenvalue weighted by Gasteiger charge is 2.02. The Morgan fingerprint density at radius 3 is 2.69 bits per heavy atom. The minimum absolute atomic E-state index is 0.581. The fourth-order valence-electron chi connectivity index (χ4n) is 1.02. The minimum Gasteiger partial charge on any atom is -0.375 e. The Morgan fingerprint density at radius 1 is 1.31 bits per heavy atom. The Kier molecular flexibility index (Phi) is 1.98. The molecular weight excluding hydrogens is 182 g/mol. The van der Waals surface area contributed by atoms with Crippen molar-refractivity contribution >= 4 is 16.5 Å². The molecule has 0 fully saturated rings. The molecule has 0 saturated carbocycles. The van der Waals surface area contributed by atoms with Crippen molar-refractivity contribution in [2.75, 3.05) is 5.73 Å². The fourth-order valence-corrected chi connectivity index (χ4v) is 1.58. The van der Waals surface area contributed by atoms with Gasteiger partial charge in [0.2, 0.25) is 0 Å². The molecule has 0 aliphatic carbocycles. The van der Waals surface area contributed by atoms with Gasteiger partial charge in [0.05, 0.1) is 5.69 Å². The van der Waals surface area contributed by atoms with Gasteiger partial charge in [-0.05, 0) is 18.6 Å². The lowest BCUT2D eigenvalue weighted by Crippen LogP contribution is -1.86. The van der Waals surface area contributed by atoms with Gasteiger partial charge in [-0.25, -0.2) is 4.98 Å². The number of nitrogen functional groups attached to an aromatic ring is 1. The van der Waals surface area contributed by atoms with Gasteiger partial charge >= 0.3 is 0 Å². The van der Waals surface area contributed by atoms with E-state index in [0.29, 0.717) is 5.13 Å². The molecule has 0 atom stereocenters. The number of rotatable bonds is 1. The summed E-state index contributed by atoms with van der Waals surface area (Å²) in [6.45, 7) is 2.01. The number of hydrogen-bond donors (Lipinski definition) is 1. The highest BCUT2D eigenvalue weighted by Crippen LogP contribution is 2.20. The number of pyridine rings is 1. The number of hydrogen-bond acceptors (Lipinski definition) is 4. The molecule has 0 unspecified atom stereocenters.